The molecule has 1 heteroatoms. The van der Waals surface area contributed by atoms with Gasteiger partial charge in [0.25, 0.3) is 0 Å². The van der Waals surface area contributed by atoms with Crippen molar-refractivity contribution in [2.45, 2.75) is 26.7 Å². The molecule has 0 unspecified atom stereocenters. The van der Waals surface area contributed by atoms with Crippen molar-refractivity contribution in [1.82, 2.24) is 0 Å². The summed E-state index contributed by atoms with van der Waals surface area (Å²) in [5.74, 6) is 0. The third-order valence-electron chi connectivity index (χ3n) is 2.11. The van der Waals surface area contributed by atoms with Crippen LogP contribution in [0.1, 0.15) is 24.5 Å². The molecule has 1 N–H and O–H groups in total. The number of aryl methyl sites for hydroxylation is 2. The molecular weight excluding hydrogens is 146 g/mol. The number of rotatable bonds is 3. The zero-order valence-corrected chi connectivity index (χ0v) is 8.15. The Morgan fingerprint density at radius 1 is 1.33 bits per heavy atom. The minimum Gasteiger partial charge on any atom is -0.388 e. The van der Waals surface area contributed by atoms with Crippen LogP contribution in [0.25, 0.3) is 0 Å². The van der Waals surface area contributed by atoms with Crippen LogP contribution in [0.2, 0.25) is 0 Å². The largest absolute Gasteiger partial charge is 0.388 e. The van der Waals surface area contributed by atoms with E-state index in [1.54, 1.807) is 0 Å². The van der Waals surface area contributed by atoms with E-state index < -0.39 is 0 Å². The molecule has 0 aliphatic rings. The second-order valence-electron chi connectivity index (χ2n) is 3.15. The van der Waals surface area contributed by atoms with Gasteiger partial charge in [-0.2, -0.15) is 0 Å². The van der Waals surface area contributed by atoms with Gasteiger partial charge in [-0.3, -0.25) is 0 Å². The Morgan fingerprint density at radius 3 is 2.67 bits per heavy atom. The van der Waals surface area contributed by atoms with Gasteiger partial charge in [0.15, 0.2) is 0 Å². The molecule has 0 amide bonds. The van der Waals surface area contributed by atoms with Gasteiger partial charge in [-0.05, 0) is 30.5 Å². The summed E-state index contributed by atoms with van der Waals surface area (Å²) in [6.07, 6.45) is 2.39. The van der Waals surface area contributed by atoms with E-state index in [-0.39, 0.29) is 0 Å². The molecule has 0 atom stereocenters. The van der Waals surface area contributed by atoms with E-state index >= 15 is 0 Å². The zero-order chi connectivity index (χ0) is 8.97. The van der Waals surface area contributed by atoms with Gasteiger partial charge < -0.3 is 5.32 Å². The van der Waals surface area contributed by atoms with Crippen LogP contribution in [0.4, 0.5) is 5.69 Å². The molecule has 0 fully saturated rings. The summed E-state index contributed by atoms with van der Waals surface area (Å²) in [4.78, 5) is 0. The molecular formula is C11H17N. The predicted octanol–water partition coefficient (Wildman–Crippen LogP) is 2.99. The van der Waals surface area contributed by atoms with E-state index in [1.165, 1.54) is 29.7 Å². The Hall–Kier alpha value is -0.980. The molecule has 0 spiro atoms. The van der Waals surface area contributed by atoms with Crippen LogP contribution >= 0.6 is 0 Å². The fourth-order valence-electron chi connectivity index (χ4n) is 1.38. The molecule has 66 valence electrons. The number of hydrogen-bond acceptors (Lipinski definition) is 1. The van der Waals surface area contributed by atoms with Crippen LogP contribution in [-0.2, 0) is 6.42 Å². The summed E-state index contributed by atoms with van der Waals surface area (Å²) in [7, 11) is 1.97. The van der Waals surface area contributed by atoms with Crippen molar-refractivity contribution in [3.05, 3.63) is 29.3 Å². The molecule has 0 saturated carbocycles. The van der Waals surface area contributed by atoms with Gasteiger partial charge in [-0.1, -0.05) is 25.5 Å². The zero-order valence-electron chi connectivity index (χ0n) is 8.15. The highest BCUT2D eigenvalue weighted by Gasteiger charge is 1.96. The Kier molecular flexibility index (Phi) is 3.15. The maximum atomic E-state index is 3.19. The smallest absolute Gasteiger partial charge is 0.0370 e. The second kappa shape index (κ2) is 4.15. The van der Waals surface area contributed by atoms with Crippen molar-refractivity contribution in [3.8, 4) is 0 Å². The van der Waals surface area contributed by atoms with Gasteiger partial charge in [-0.25, -0.2) is 0 Å². The number of benzene rings is 1. The van der Waals surface area contributed by atoms with E-state index in [1.807, 2.05) is 7.05 Å². The fourth-order valence-corrected chi connectivity index (χ4v) is 1.38. The van der Waals surface area contributed by atoms with E-state index in [2.05, 4.69) is 37.4 Å². The Morgan fingerprint density at radius 2 is 2.08 bits per heavy atom. The van der Waals surface area contributed by atoms with Gasteiger partial charge in [0.1, 0.15) is 0 Å². The van der Waals surface area contributed by atoms with Gasteiger partial charge in [0.05, 0.1) is 0 Å². The molecule has 0 aliphatic heterocycles. The first-order valence-electron chi connectivity index (χ1n) is 4.55. The van der Waals surface area contributed by atoms with E-state index in [0.717, 1.165) is 0 Å². The first kappa shape index (κ1) is 9.11. The second-order valence-corrected chi connectivity index (χ2v) is 3.15. The van der Waals surface area contributed by atoms with Gasteiger partial charge in [-0.15, -0.1) is 0 Å². The van der Waals surface area contributed by atoms with Gasteiger partial charge in [0, 0.05) is 12.7 Å². The topological polar surface area (TPSA) is 12.0 Å². The number of nitrogens with one attached hydrogen (secondary N) is 1. The van der Waals surface area contributed by atoms with Crippen molar-refractivity contribution in [3.63, 3.8) is 0 Å². The third kappa shape index (κ3) is 2.00. The minimum atomic E-state index is 1.18. The quantitative estimate of drug-likeness (QED) is 0.722. The molecule has 0 bridgehead atoms. The summed E-state index contributed by atoms with van der Waals surface area (Å²) < 4.78 is 0. The highest BCUT2D eigenvalue weighted by atomic mass is 14.8. The highest BCUT2D eigenvalue weighted by Crippen LogP contribution is 2.16. The first-order valence-corrected chi connectivity index (χ1v) is 4.55. The number of hydrogen-bond donors (Lipinski definition) is 1. The molecule has 0 heterocycles. The van der Waals surface area contributed by atoms with Crippen molar-refractivity contribution < 1.29 is 0 Å². The van der Waals surface area contributed by atoms with Crippen LogP contribution in [0.15, 0.2) is 18.2 Å². The molecule has 1 aromatic carbocycles. The fraction of sp³-hybridized carbons (Fsp3) is 0.455. The lowest BCUT2D eigenvalue weighted by Crippen LogP contribution is -1.93. The predicted molar refractivity (Wildman–Crippen MR) is 54.7 cm³/mol. The summed E-state index contributed by atoms with van der Waals surface area (Å²) in [5, 5.41) is 3.19. The van der Waals surface area contributed by atoms with Crippen LogP contribution in [0.5, 0.6) is 0 Å². The molecule has 0 saturated heterocycles. The average molecular weight is 163 g/mol. The van der Waals surface area contributed by atoms with Crippen molar-refractivity contribution in [2.75, 3.05) is 12.4 Å². The average Bonchev–Trinajstić information content (AvgIpc) is 2.09. The van der Waals surface area contributed by atoms with E-state index in [4.69, 9.17) is 0 Å². The lowest BCUT2D eigenvalue weighted by Gasteiger charge is -2.07. The normalized spacial score (nSPS) is 9.92. The molecule has 1 rings (SSSR count). The standard InChI is InChI=1S/C11H17N/c1-4-5-10-7-6-9(2)11(8-10)12-3/h6-8,12H,4-5H2,1-3H3. The third-order valence-corrected chi connectivity index (χ3v) is 2.11. The van der Waals surface area contributed by atoms with E-state index in [9.17, 15) is 0 Å². The van der Waals surface area contributed by atoms with Gasteiger partial charge in [0.2, 0.25) is 0 Å². The SMILES string of the molecule is CCCc1ccc(C)c(NC)c1. The van der Waals surface area contributed by atoms with Crippen LogP contribution in [0.3, 0.4) is 0 Å². The van der Waals surface area contributed by atoms with Crippen LogP contribution < -0.4 is 5.32 Å². The summed E-state index contributed by atoms with van der Waals surface area (Å²) in [6.45, 7) is 4.33. The van der Waals surface area contributed by atoms with Crippen LogP contribution in [-0.4, -0.2) is 7.05 Å². The maximum Gasteiger partial charge on any atom is 0.0370 e. The Labute approximate surface area is 74.8 Å². The monoisotopic (exact) mass is 163 g/mol. The van der Waals surface area contributed by atoms with Crippen LogP contribution in [0, 0.1) is 6.92 Å². The minimum absolute atomic E-state index is 1.18. The number of anilines is 1. The Bertz CT molecular complexity index is 253. The highest BCUT2D eigenvalue weighted by molar-refractivity contribution is 5.52. The van der Waals surface area contributed by atoms with Crippen molar-refractivity contribution in [2.24, 2.45) is 0 Å². The molecule has 0 radical (unpaired) electrons. The van der Waals surface area contributed by atoms with Gasteiger partial charge >= 0.3 is 0 Å². The Balaban J connectivity index is 2.89. The summed E-state index contributed by atoms with van der Waals surface area (Å²) >= 11 is 0. The lowest BCUT2D eigenvalue weighted by atomic mass is 10.1. The van der Waals surface area contributed by atoms with Crippen molar-refractivity contribution >= 4 is 5.69 Å². The maximum absolute atomic E-state index is 3.19. The van der Waals surface area contributed by atoms with Crippen molar-refractivity contribution in [1.29, 1.82) is 0 Å². The molecule has 1 aromatic rings. The summed E-state index contributed by atoms with van der Waals surface area (Å²) in [5.41, 5.74) is 3.99. The first-order chi connectivity index (χ1) is 5.77. The molecule has 12 heavy (non-hydrogen) atoms. The summed E-state index contributed by atoms with van der Waals surface area (Å²) in [6, 6.07) is 6.62. The lowest BCUT2D eigenvalue weighted by molar-refractivity contribution is 0.921. The molecule has 0 aliphatic carbocycles. The molecule has 0 aromatic heterocycles. The molecule has 1 nitrogen and oxygen atoms in total. The van der Waals surface area contributed by atoms with E-state index in [0.29, 0.717) is 0 Å².